The fourth-order valence-corrected chi connectivity index (χ4v) is 3.48. The van der Waals surface area contributed by atoms with Crippen LogP contribution in [0.1, 0.15) is 21.5 Å². The van der Waals surface area contributed by atoms with Gasteiger partial charge >= 0.3 is 0 Å². The van der Waals surface area contributed by atoms with E-state index < -0.39 is 0 Å². The Labute approximate surface area is 145 Å². The van der Waals surface area contributed by atoms with Gasteiger partial charge in [0.25, 0.3) is 0 Å². The number of aryl methyl sites for hydroxylation is 1. The number of hydrogen-bond donors (Lipinski definition) is 1. The van der Waals surface area contributed by atoms with E-state index in [-0.39, 0.29) is 11.5 Å². The van der Waals surface area contributed by atoms with Crippen molar-refractivity contribution >= 4 is 57.0 Å². The lowest BCUT2D eigenvalue weighted by Gasteiger charge is -2.02. The first kappa shape index (κ1) is 15.5. The minimum Gasteiger partial charge on any atom is -0.506 e. The van der Waals surface area contributed by atoms with E-state index in [2.05, 4.69) is 45.2 Å². The molecule has 2 rings (SSSR count). The predicted octanol–water partition coefficient (Wildman–Crippen LogP) is 4.81. The standard InChI is InChI=1S/C16H12I2O2/c1-10-2-5-12(6-3-10)15(19)7-4-11-8-13(17)16(20)14(18)9-11/h2-9,20H,1H3/b7-4+. The Kier molecular flexibility index (Phi) is 5.20. The molecule has 0 fully saturated rings. The highest BCUT2D eigenvalue weighted by Gasteiger charge is 2.05. The second-order valence-electron chi connectivity index (χ2n) is 4.40. The molecule has 0 aliphatic rings. The van der Waals surface area contributed by atoms with Crippen molar-refractivity contribution in [3.05, 3.63) is 66.3 Å². The SMILES string of the molecule is Cc1ccc(C(=O)/C=C/c2cc(I)c(O)c(I)c2)cc1. The molecular weight excluding hydrogens is 478 g/mol. The van der Waals surface area contributed by atoms with Crippen LogP contribution in [0.25, 0.3) is 6.08 Å². The van der Waals surface area contributed by atoms with E-state index in [0.29, 0.717) is 5.56 Å². The van der Waals surface area contributed by atoms with Crippen molar-refractivity contribution in [3.63, 3.8) is 0 Å². The second-order valence-corrected chi connectivity index (χ2v) is 6.72. The summed E-state index contributed by atoms with van der Waals surface area (Å²) in [6, 6.07) is 11.2. The molecule has 0 saturated carbocycles. The van der Waals surface area contributed by atoms with Crippen molar-refractivity contribution in [2.75, 3.05) is 0 Å². The molecule has 4 heteroatoms. The molecule has 20 heavy (non-hydrogen) atoms. The molecule has 0 aliphatic heterocycles. The Hall–Kier alpha value is -0.890. The lowest BCUT2D eigenvalue weighted by Crippen LogP contribution is -1.93. The zero-order chi connectivity index (χ0) is 14.7. The molecule has 102 valence electrons. The van der Waals surface area contributed by atoms with Gasteiger partial charge in [-0.15, -0.1) is 0 Å². The van der Waals surface area contributed by atoms with Crippen LogP contribution in [0.5, 0.6) is 5.75 Å². The molecule has 0 atom stereocenters. The number of rotatable bonds is 3. The fraction of sp³-hybridized carbons (Fsp3) is 0.0625. The van der Waals surface area contributed by atoms with Crippen LogP contribution < -0.4 is 0 Å². The van der Waals surface area contributed by atoms with Crippen LogP contribution in [-0.4, -0.2) is 10.9 Å². The Morgan fingerprint density at radius 3 is 2.20 bits per heavy atom. The van der Waals surface area contributed by atoms with Crippen LogP contribution in [0.2, 0.25) is 0 Å². The van der Waals surface area contributed by atoms with Crippen molar-refractivity contribution in [1.82, 2.24) is 0 Å². The van der Waals surface area contributed by atoms with E-state index in [0.717, 1.165) is 18.3 Å². The van der Waals surface area contributed by atoms with Gasteiger partial charge in [-0.2, -0.15) is 0 Å². The van der Waals surface area contributed by atoms with E-state index >= 15 is 0 Å². The molecule has 0 aromatic heterocycles. The van der Waals surface area contributed by atoms with Gasteiger partial charge in [-0.1, -0.05) is 35.9 Å². The van der Waals surface area contributed by atoms with Crippen LogP contribution in [0.15, 0.2) is 42.5 Å². The third-order valence-electron chi connectivity index (χ3n) is 2.80. The summed E-state index contributed by atoms with van der Waals surface area (Å²) in [6.07, 6.45) is 3.33. The maximum atomic E-state index is 12.0. The monoisotopic (exact) mass is 490 g/mol. The zero-order valence-corrected chi connectivity index (χ0v) is 15.0. The quantitative estimate of drug-likeness (QED) is 0.382. The molecule has 0 bridgehead atoms. The third kappa shape index (κ3) is 3.82. The maximum Gasteiger partial charge on any atom is 0.185 e. The lowest BCUT2D eigenvalue weighted by atomic mass is 10.1. The van der Waals surface area contributed by atoms with Crippen LogP contribution >= 0.6 is 45.2 Å². The van der Waals surface area contributed by atoms with Gasteiger partial charge in [-0.05, 0) is 75.9 Å². The summed E-state index contributed by atoms with van der Waals surface area (Å²) in [6.45, 7) is 1.99. The number of allylic oxidation sites excluding steroid dienone is 1. The summed E-state index contributed by atoms with van der Waals surface area (Å²) in [7, 11) is 0. The highest BCUT2D eigenvalue weighted by Crippen LogP contribution is 2.27. The summed E-state index contributed by atoms with van der Waals surface area (Å²) in [5, 5.41) is 9.71. The summed E-state index contributed by atoms with van der Waals surface area (Å²) in [5.41, 5.74) is 2.71. The number of phenols is 1. The van der Waals surface area contributed by atoms with Crippen molar-refractivity contribution < 1.29 is 9.90 Å². The third-order valence-corrected chi connectivity index (χ3v) is 4.45. The first-order valence-electron chi connectivity index (χ1n) is 5.94. The molecule has 2 nitrogen and oxygen atoms in total. The first-order valence-corrected chi connectivity index (χ1v) is 8.10. The number of hydrogen-bond acceptors (Lipinski definition) is 2. The Morgan fingerprint density at radius 2 is 1.65 bits per heavy atom. The number of halogens is 2. The van der Waals surface area contributed by atoms with Crippen molar-refractivity contribution in [3.8, 4) is 5.75 Å². The molecule has 0 aliphatic carbocycles. The van der Waals surface area contributed by atoms with Crippen LogP contribution in [0.3, 0.4) is 0 Å². The zero-order valence-electron chi connectivity index (χ0n) is 10.7. The highest BCUT2D eigenvalue weighted by molar-refractivity contribution is 14.1. The molecule has 0 amide bonds. The van der Waals surface area contributed by atoms with Crippen LogP contribution in [-0.2, 0) is 0 Å². The van der Waals surface area contributed by atoms with E-state index in [4.69, 9.17) is 0 Å². The van der Waals surface area contributed by atoms with E-state index in [1.807, 2.05) is 43.3 Å². The molecule has 0 heterocycles. The van der Waals surface area contributed by atoms with Gasteiger partial charge in [-0.25, -0.2) is 0 Å². The Balaban J connectivity index is 2.21. The van der Waals surface area contributed by atoms with Crippen molar-refractivity contribution in [1.29, 1.82) is 0 Å². The second kappa shape index (κ2) is 6.71. The van der Waals surface area contributed by atoms with Gasteiger partial charge < -0.3 is 5.11 Å². The lowest BCUT2D eigenvalue weighted by molar-refractivity contribution is 0.104. The van der Waals surface area contributed by atoms with Crippen molar-refractivity contribution in [2.24, 2.45) is 0 Å². The molecule has 2 aromatic carbocycles. The van der Waals surface area contributed by atoms with Gasteiger partial charge in [0.1, 0.15) is 5.75 Å². The highest BCUT2D eigenvalue weighted by atomic mass is 127. The molecular formula is C16H12I2O2. The summed E-state index contributed by atoms with van der Waals surface area (Å²) in [4.78, 5) is 12.0. The number of carbonyl (C=O) groups is 1. The summed E-state index contributed by atoms with van der Waals surface area (Å²) < 4.78 is 1.55. The largest absolute Gasteiger partial charge is 0.506 e. The predicted molar refractivity (Wildman–Crippen MR) is 98.1 cm³/mol. The molecule has 1 N–H and O–H groups in total. The van der Waals surface area contributed by atoms with Crippen LogP contribution in [0.4, 0.5) is 0 Å². The number of ketones is 1. The topological polar surface area (TPSA) is 37.3 Å². The summed E-state index contributed by atoms with van der Waals surface area (Å²) in [5.74, 6) is 0.260. The number of carbonyl (C=O) groups excluding carboxylic acids is 1. The Bertz CT molecular complexity index is 650. The van der Waals surface area contributed by atoms with E-state index in [1.54, 1.807) is 12.2 Å². The average Bonchev–Trinajstić information content (AvgIpc) is 2.42. The van der Waals surface area contributed by atoms with Gasteiger partial charge in [0.15, 0.2) is 5.78 Å². The van der Waals surface area contributed by atoms with Gasteiger partial charge in [0.05, 0.1) is 7.14 Å². The minimum absolute atomic E-state index is 0.0249. The molecule has 2 aromatic rings. The number of phenolic OH excluding ortho intramolecular Hbond substituents is 1. The van der Waals surface area contributed by atoms with E-state index in [1.165, 1.54) is 0 Å². The van der Waals surface area contributed by atoms with Crippen LogP contribution in [0, 0.1) is 14.1 Å². The molecule has 0 saturated heterocycles. The van der Waals surface area contributed by atoms with Gasteiger partial charge in [0, 0.05) is 5.56 Å². The molecule has 0 unspecified atom stereocenters. The summed E-state index contributed by atoms with van der Waals surface area (Å²) >= 11 is 4.15. The molecule has 0 spiro atoms. The normalized spacial score (nSPS) is 10.9. The van der Waals surface area contributed by atoms with Gasteiger partial charge in [0.2, 0.25) is 0 Å². The Morgan fingerprint density at radius 1 is 1.10 bits per heavy atom. The number of aromatic hydroxyl groups is 1. The van der Waals surface area contributed by atoms with Gasteiger partial charge in [-0.3, -0.25) is 4.79 Å². The minimum atomic E-state index is -0.0249. The average molecular weight is 490 g/mol. The smallest absolute Gasteiger partial charge is 0.185 e. The first-order chi connectivity index (χ1) is 9.47. The molecule has 0 radical (unpaired) electrons. The fourth-order valence-electron chi connectivity index (χ4n) is 1.67. The number of benzene rings is 2. The van der Waals surface area contributed by atoms with Crippen molar-refractivity contribution in [2.45, 2.75) is 6.92 Å². The van der Waals surface area contributed by atoms with E-state index in [9.17, 15) is 9.90 Å². The maximum absolute atomic E-state index is 12.0.